The lowest BCUT2D eigenvalue weighted by molar-refractivity contribution is -0.147. The molecule has 0 fully saturated rings. The Morgan fingerprint density at radius 3 is 2.13 bits per heavy atom. The summed E-state index contributed by atoms with van der Waals surface area (Å²) in [5, 5.41) is 3.29. The van der Waals surface area contributed by atoms with E-state index in [1.165, 1.54) is 12.7 Å². The first-order valence-electron chi connectivity index (χ1n) is 10.6. The van der Waals surface area contributed by atoms with Gasteiger partial charge in [0.15, 0.2) is 0 Å². The minimum atomic E-state index is -0.749. The van der Waals surface area contributed by atoms with Crippen molar-refractivity contribution in [1.29, 1.82) is 0 Å². The number of nitrogens with one attached hydrogen (secondary N) is 1. The van der Waals surface area contributed by atoms with Gasteiger partial charge < -0.3 is 9.47 Å². The van der Waals surface area contributed by atoms with Gasteiger partial charge in [-0.2, -0.15) is 0 Å². The second-order valence-electron chi connectivity index (χ2n) is 8.17. The van der Waals surface area contributed by atoms with Crippen molar-refractivity contribution in [2.45, 2.75) is 45.4 Å². The second-order valence-corrected chi connectivity index (χ2v) is 8.17. The molecule has 0 unspecified atom stereocenters. The van der Waals surface area contributed by atoms with Gasteiger partial charge in [0.2, 0.25) is 0 Å². The van der Waals surface area contributed by atoms with Crippen molar-refractivity contribution < 1.29 is 14.3 Å². The molecule has 31 heavy (non-hydrogen) atoms. The van der Waals surface area contributed by atoms with Crippen molar-refractivity contribution in [3.63, 3.8) is 0 Å². The predicted molar refractivity (Wildman–Crippen MR) is 124 cm³/mol. The molecule has 3 rings (SSSR count). The SMILES string of the molecule is COC(=O)C(C)(C)NCc1ccc(OCc2ccccc2)c(CCc2ccccc2)c1. The molecule has 3 aromatic carbocycles. The van der Waals surface area contributed by atoms with Gasteiger partial charge in [-0.25, -0.2) is 0 Å². The van der Waals surface area contributed by atoms with E-state index in [0.29, 0.717) is 13.2 Å². The minimum absolute atomic E-state index is 0.278. The van der Waals surface area contributed by atoms with Crippen LogP contribution in [0.15, 0.2) is 78.9 Å². The fourth-order valence-corrected chi connectivity index (χ4v) is 3.39. The molecule has 0 aliphatic carbocycles. The van der Waals surface area contributed by atoms with Crippen molar-refractivity contribution in [2.75, 3.05) is 7.11 Å². The smallest absolute Gasteiger partial charge is 0.325 e. The van der Waals surface area contributed by atoms with E-state index in [-0.39, 0.29) is 5.97 Å². The lowest BCUT2D eigenvalue weighted by Gasteiger charge is -2.23. The molecule has 1 N–H and O–H groups in total. The molecule has 4 heteroatoms. The molecule has 0 saturated heterocycles. The van der Waals surface area contributed by atoms with Crippen LogP contribution in [-0.2, 0) is 35.5 Å². The summed E-state index contributed by atoms with van der Waals surface area (Å²) in [7, 11) is 1.41. The van der Waals surface area contributed by atoms with Gasteiger partial charge in [0.25, 0.3) is 0 Å². The molecule has 0 bridgehead atoms. The average molecular weight is 418 g/mol. The summed E-state index contributed by atoms with van der Waals surface area (Å²) >= 11 is 0. The van der Waals surface area contributed by atoms with Crippen molar-refractivity contribution in [3.05, 3.63) is 101 Å². The van der Waals surface area contributed by atoms with Crippen LogP contribution in [0.25, 0.3) is 0 Å². The van der Waals surface area contributed by atoms with Gasteiger partial charge in [0, 0.05) is 6.54 Å². The van der Waals surface area contributed by atoms with E-state index in [2.05, 4.69) is 47.8 Å². The number of carbonyl (C=O) groups excluding carboxylic acids is 1. The largest absolute Gasteiger partial charge is 0.489 e. The summed E-state index contributed by atoms with van der Waals surface area (Å²) < 4.78 is 11.1. The van der Waals surface area contributed by atoms with E-state index in [4.69, 9.17) is 9.47 Å². The molecular formula is C27H31NO3. The van der Waals surface area contributed by atoms with Gasteiger partial charge in [0.05, 0.1) is 7.11 Å². The van der Waals surface area contributed by atoms with E-state index in [1.807, 2.05) is 50.2 Å². The molecule has 0 spiro atoms. The van der Waals surface area contributed by atoms with Gasteiger partial charge in [-0.15, -0.1) is 0 Å². The minimum Gasteiger partial charge on any atom is -0.489 e. The topological polar surface area (TPSA) is 47.6 Å². The standard InChI is InChI=1S/C27H31NO3/c1-27(2,26(29)30-3)28-19-23-15-17-25(31-20-22-12-8-5-9-13-22)24(18-23)16-14-21-10-6-4-7-11-21/h4-13,15,17-18,28H,14,16,19-20H2,1-3H3. The maximum atomic E-state index is 12.0. The van der Waals surface area contributed by atoms with Gasteiger partial charge in [0.1, 0.15) is 17.9 Å². The fraction of sp³-hybridized carbons (Fsp3) is 0.296. The van der Waals surface area contributed by atoms with Crippen LogP contribution in [0.3, 0.4) is 0 Å². The summed E-state index contributed by atoms with van der Waals surface area (Å²) in [5.74, 6) is 0.621. The second kappa shape index (κ2) is 10.8. The molecule has 0 radical (unpaired) electrons. The Balaban J connectivity index is 1.74. The molecule has 162 valence electrons. The Morgan fingerprint density at radius 1 is 0.839 bits per heavy atom. The zero-order valence-electron chi connectivity index (χ0n) is 18.6. The number of methoxy groups -OCH3 is 1. The van der Waals surface area contributed by atoms with Crippen LogP contribution in [0.1, 0.15) is 36.1 Å². The highest BCUT2D eigenvalue weighted by Gasteiger charge is 2.27. The van der Waals surface area contributed by atoms with Crippen LogP contribution in [0, 0.1) is 0 Å². The zero-order valence-corrected chi connectivity index (χ0v) is 18.6. The summed E-state index contributed by atoms with van der Waals surface area (Å²) in [6, 6.07) is 26.9. The number of carbonyl (C=O) groups is 1. The highest BCUT2D eigenvalue weighted by Crippen LogP contribution is 2.24. The van der Waals surface area contributed by atoms with E-state index in [0.717, 1.165) is 35.3 Å². The number of ether oxygens (including phenoxy) is 2. The first-order chi connectivity index (χ1) is 15.0. The van der Waals surface area contributed by atoms with E-state index in [1.54, 1.807) is 0 Å². The van der Waals surface area contributed by atoms with Crippen LogP contribution >= 0.6 is 0 Å². The van der Waals surface area contributed by atoms with E-state index in [9.17, 15) is 4.79 Å². The number of hydrogen-bond donors (Lipinski definition) is 1. The fourth-order valence-electron chi connectivity index (χ4n) is 3.39. The molecule has 0 aliphatic rings. The van der Waals surface area contributed by atoms with Crippen LogP contribution in [-0.4, -0.2) is 18.6 Å². The van der Waals surface area contributed by atoms with Crippen LogP contribution in [0.5, 0.6) is 5.75 Å². The maximum absolute atomic E-state index is 12.0. The van der Waals surface area contributed by atoms with Gasteiger partial charge >= 0.3 is 5.97 Å². The van der Waals surface area contributed by atoms with Crippen molar-refractivity contribution in [2.24, 2.45) is 0 Å². The number of rotatable bonds is 10. The monoisotopic (exact) mass is 417 g/mol. The summed E-state index contributed by atoms with van der Waals surface area (Å²) in [5.41, 5.74) is 3.96. The molecule has 0 amide bonds. The number of aryl methyl sites for hydroxylation is 2. The first-order valence-corrected chi connectivity index (χ1v) is 10.6. The first kappa shape index (κ1) is 22.6. The molecule has 4 nitrogen and oxygen atoms in total. The molecule has 3 aromatic rings. The van der Waals surface area contributed by atoms with Crippen molar-refractivity contribution in [3.8, 4) is 5.75 Å². The Labute approximate surface area is 185 Å². The summed E-state index contributed by atoms with van der Waals surface area (Å²) in [6.45, 7) is 4.75. The molecule has 0 heterocycles. The Kier molecular flexibility index (Phi) is 7.85. The quantitative estimate of drug-likeness (QED) is 0.467. The van der Waals surface area contributed by atoms with E-state index < -0.39 is 5.54 Å². The van der Waals surface area contributed by atoms with Crippen LogP contribution in [0.4, 0.5) is 0 Å². The zero-order chi connectivity index (χ0) is 22.1. The number of esters is 1. The highest BCUT2D eigenvalue weighted by atomic mass is 16.5. The maximum Gasteiger partial charge on any atom is 0.325 e. The number of benzene rings is 3. The number of hydrogen-bond acceptors (Lipinski definition) is 4. The third kappa shape index (κ3) is 6.69. The average Bonchev–Trinajstić information content (AvgIpc) is 2.81. The lowest BCUT2D eigenvalue weighted by atomic mass is 10.0. The van der Waals surface area contributed by atoms with Gasteiger partial charge in [-0.05, 0) is 55.0 Å². The Morgan fingerprint density at radius 2 is 1.48 bits per heavy atom. The van der Waals surface area contributed by atoms with Crippen LogP contribution in [0.2, 0.25) is 0 Å². The van der Waals surface area contributed by atoms with E-state index >= 15 is 0 Å². The predicted octanol–water partition coefficient (Wildman–Crippen LogP) is 5.09. The molecule has 0 atom stereocenters. The molecule has 0 aliphatic heterocycles. The third-order valence-corrected chi connectivity index (χ3v) is 5.32. The third-order valence-electron chi connectivity index (χ3n) is 5.32. The molecular weight excluding hydrogens is 386 g/mol. The summed E-state index contributed by atoms with van der Waals surface area (Å²) in [4.78, 5) is 12.0. The Hall–Kier alpha value is -3.11. The Bertz CT molecular complexity index is 968. The normalized spacial score (nSPS) is 11.2. The molecule has 0 aromatic heterocycles. The summed E-state index contributed by atoms with van der Waals surface area (Å²) in [6.07, 6.45) is 1.81. The van der Waals surface area contributed by atoms with Gasteiger partial charge in [-0.3, -0.25) is 10.1 Å². The van der Waals surface area contributed by atoms with Crippen molar-refractivity contribution in [1.82, 2.24) is 5.32 Å². The van der Waals surface area contributed by atoms with Gasteiger partial charge in [-0.1, -0.05) is 72.8 Å². The van der Waals surface area contributed by atoms with Crippen molar-refractivity contribution >= 4 is 5.97 Å². The lowest BCUT2D eigenvalue weighted by Crippen LogP contribution is -2.46. The van der Waals surface area contributed by atoms with Crippen LogP contribution < -0.4 is 10.1 Å². The molecule has 0 saturated carbocycles. The highest BCUT2D eigenvalue weighted by molar-refractivity contribution is 5.79.